The fourth-order valence-corrected chi connectivity index (χ4v) is 4.31. The lowest BCUT2D eigenvalue weighted by Crippen LogP contribution is -2.46. The van der Waals surface area contributed by atoms with Crippen LogP contribution in [0.25, 0.3) is 0 Å². The first-order chi connectivity index (χ1) is 16.1. The lowest BCUT2D eigenvalue weighted by atomic mass is 10.0. The molecule has 176 valence electrons. The smallest absolute Gasteiger partial charge is 0.319 e. The number of amides is 2. The van der Waals surface area contributed by atoms with Crippen LogP contribution in [0.15, 0.2) is 35.7 Å². The highest BCUT2D eigenvalue weighted by Gasteiger charge is 2.23. The molecule has 1 aliphatic carbocycles. The number of nitrogens with zero attached hydrogens (tertiary/aromatic N) is 4. The van der Waals surface area contributed by atoms with Crippen LogP contribution in [-0.2, 0) is 4.84 Å². The van der Waals surface area contributed by atoms with E-state index in [0.29, 0.717) is 17.4 Å². The van der Waals surface area contributed by atoms with Gasteiger partial charge in [0.1, 0.15) is 19.0 Å². The van der Waals surface area contributed by atoms with Crippen LogP contribution in [-0.4, -0.2) is 54.6 Å². The van der Waals surface area contributed by atoms with E-state index < -0.39 is 0 Å². The predicted octanol–water partition coefficient (Wildman–Crippen LogP) is 3.15. The number of rotatable bonds is 7. The molecule has 0 aromatic carbocycles. The molecule has 2 aromatic rings. The normalized spacial score (nSPS) is 17.3. The second-order valence-electron chi connectivity index (χ2n) is 8.32. The number of carbonyl (C=O) groups excluding carboxylic acids is 1. The number of oxime groups is 1. The van der Waals surface area contributed by atoms with Gasteiger partial charge in [0, 0.05) is 31.4 Å². The van der Waals surface area contributed by atoms with Gasteiger partial charge in [-0.2, -0.15) is 0 Å². The number of hydrogen-bond acceptors (Lipinski definition) is 8. The highest BCUT2D eigenvalue weighted by molar-refractivity contribution is 5.93. The van der Waals surface area contributed by atoms with Gasteiger partial charge >= 0.3 is 6.03 Å². The number of nitrogens with one attached hydrogen (secondary N) is 2. The Morgan fingerprint density at radius 1 is 1.18 bits per heavy atom. The molecule has 2 aliphatic rings. The average molecular weight is 454 g/mol. The number of carbonyl (C=O) groups is 1. The van der Waals surface area contributed by atoms with Gasteiger partial charge in [0.25, 0.3) is 0 Å². The van der Waals surface area contributed by atoms with Crippen LogP contribution in [0.1, 0.15) is 44.1 Å². The third-order valence-corrected chi connectivity index (χ3v) is 6.04. The average Bonchev–Trinajstić information content (AvgIpc) is 3.33. The quantitative estimate of drug-likeness (QED) is 0.434. The van der Waals surface area contributed by atoms with Crippen LogP contribution in [0.5, 0.6) is 5.88 Å². The second-order valence-corrected chi connectivity index (χ2v) is 8.32. The van der Waals surface area contributed by atoms with Gasteiger partial charge in [-0.3, -0.25) is 0 Å². The van der Waals surface area contributed by atoms with Crippen LogP contribution < -0.4 is 26.0 Å². The van der Waals surface area contributed by atoms with Gasteiger partial charge in [-0.15, -0.1) is 0 Å². The third-order valence-electron chi connectivity index (χ3n) is 6.04. The number of pyridine rings is 2. The summed E-state index contributed by atoms with van der Waals surface area (Å²) in [5, 5.41) is 9.74. The van der Waals surface area contributed by atoms with E-state index in [-0.39, 0.29) is 18.2 Å². The minimum Gasteiger partial charge on any atom is -0.474 e. The standard InChI is InChI=1S/C23H31N7O3/c1-32-27-15-19-20(8-11-25-22(19)24)30-12-9-16(10-13-30)28-23(31)29-17-6-7-21(26-14-17)33-18-4-2-3-5-18/h6-8,11,14-16,18H,2-5,9-10,12-13H2,1H3,(H2,24,25)(H2,28,29,31)/b27-15-. The lowest BCUT2D eigenvalue weighted by molar-refractivity contribution is 0.201. The summed E-state index contributed by atoms with van der Waals surface area (Å²) in [7, 11) is 1.49. The highest BCUT2D eigenvalue weighted by atomic mass is 16.6. The Labute approximate surface area is 193 Å². The predicted molar refractivity (Wildman–Crippen MR) is 128 cm³/mol. The first kappa shape index (κ1) is 22.6. The molecule has 1 aliphatic heterocycles. The van der Waals surface area contributed by atoms with Crippen molar-refractivity contribution in [2.24, 2.45) is 5.16 Å². The van der Waals surface area contributed by atoms with Crippen LogP contribution in [0.2, 0.25) is 0 Å². The number of aromatic nitrogens is 2. The van der Waals surface area contributed by atoms with Crippen molar-refractivity contribution in [3.63, 3.8) is 0 Å². The molecule has 4 N–H and O–H groups in total. The molecule has 1 saturated carbocycles. The van der Waals surface area contributed by atoms with Crippen molar-refractivity contribution in [3.8, 4) is 5.88 Å². The first-order valence-electron chi connectivity index (χ1n) is 11.4. The van der Waals surface area contributed by atoms with Gasteiger partial charge in [-0.05, 0) is 50.7 Å². The molecule has 33 heavy (non-hydrogen) atoms. The molecular formula is C23H31N7O3. The van der Waals surface area contributed by atoms with Crippen LogP contribution >= 0.6 is 0 Å². The van der Waals surface area contributed by atoms with Crippen molar-refractivity contribution in [1.29, 1.82) is 0 Å². The molecule has 0 unspecified atom stereocenters. The molecule has 0 spiro atoms. The van der Waals surface area contributed by atoms with Crippen molar-refractivity contribution < 1.29 is 14.4 Å². The Balaban J connectivity index is 1.26. The molecule has 10 nitrogen and oxygen atoms in total. The number of anilines is 3. The maximum absolute atomic E-state index is 12.5. The molecule has 1 saturated heterocycles. The van der Waals surface area contributed by atoms with E-state index in [1.165, 1.54) is 20.0 Å². The van der Waals surface area contributed by atoms with Crippen molar-refractivity contribution in [3.05, 3.63) is 36.2 Å². The largest absolute Gasteiger partial charge is 0.474 e. The summed E-state index contributed by atoms with van der Waals surface area (Å²) in [6.07, 6.45) is 11.4. The molecule has 10 heteroatoms. The summed E-state index contributed by atoms with van der Waals surface area (Å²) in [4.78, 5) is 27.9. The Hall–Kier alpha value is -3.56. The van der Waals surface area contributed by atoms with E-state index >= 15 is 0 Å². The molecule has 2 amide bonds. The SMILES string of the molecule is CO/N=C\c1c(N2CCC(NC(=O)Nc3ccc(OC4CCCC4)nc3)CC2)ccnc1N. The third kappa shape index (κ3) is 6.03. The van der Waals surface area contributed by atoms with Gasteiger partial charge < -0.3 is 30.8 Å². The van der Waals surface area contributed by atoms with E-state index in [0.717, 1.165) is 50.0 Å². The van der Waals surface area contributed by atoms with Crippen LogP contribution in [0.4, 0.5) is 22.0 Å². The van der Waals surface area contributed by atoms with E-state index in [1.54, 1.807) is 24.7 Å². The van der Waals surface area contributed by atoms with Gasteiger partial charge in [0.15, 0.2) is 0 Å². The number of ether oxygens (including phenoxy) is 1. The second kappa shape index (κ2) is 10.8. The summed E-state index contributed by atoms with van der Waals surface area (Å²) in [5.74, 6) is 1.01. The van der Waals surface area contributed by atoms with Crippen molar-refractivity contribution in [1.82, 2.24) is 15.3 Å². The molecular weight excluding hydrogens is 422 g/mol. The van der Waals surface area contributed by atoms with E-state index in [4.69, 9.17) is 15.3 Å². The Morgan fingerprint density at radius 2 is 1.97 bits per heavy atom. The fourth-order valence-electron chi connectivity index (χ4n) is 4.31. The molecule has 2 fully saturated rings. The summed E-state index contributed by atoms with van der Waals surface area (Å²) in [6, 6.07) is 5.38. The molecule has 0 bridgehead atoms. The Morgan fingerprint density at radius 3 is 2.67 bits per heavy atom. The van der Waals surface area contributed by atoms with Gasteiger partial charge in [-0.1, -0.05) is 5.16 Å². The van der Waals surface area contributed by atoms with Crippen molar-refractivity contribution in [2.75, 3.05) is 36.1 Å². The number of hydrogen-bond donors (Lipinski definition) is 3. The summed E-state index contributed by atoms with van der Waals surface area (Å²) >= 11 is 0. The van der Waals surface area contributed by atoms with Crippen molar-refractivity contribution >= 4 is 29.4 Å². The Bertz CT molecular complexity index is 953. The monoisotopic (exact) mass is 453 g/mol. The molecule has 4 rings (SSSR count). The highest BCUT2D eigenvalue weighted by Crippen LogP contribution is 2.26. The van der Waals surface area contributed by atoms with Gasteiger partial charge in [0.2, 0.25) is 5.88 Å². The maximum Gasteiger partial charge on any atom is 0.319 e. The molecule has 0 atom stereocenters. The molecule has 3 heterocycles. The van der Waals surface area contributed by atoms with Crippen molar-refractivity contribution in [2.45, 2.75) is 50.7 Å². The summed E-state index contributed by atoms with van der Waals surface area (Å²) < 4.78 is 5.87. The molecule has 0 radical (unpaired) electrons. The van der Waals surface area contributed by atoms with Gasteiger partial charge in [0.05, 0.1) is 29.3 Å². The minimum absolute atomic E-state index is 0.0782. The zero-order valence-electron chi connectivity index (χ0n) is 18.9. The zero-order valence-corrected chi connectivity index (χ0v) is 18.9. The van der Waals surface area contributed by atoms with Crippen LogP contribution in [0, 0.1) is 0 Å². The van der Waals surface area contributed by atoms with E-state index in [2.05, 4.69) is 30.7 Å². The van der Waals surface area contributed by atoms with Crippen LogP contribution in [0.3, 0.4) is 0 Å². The number of nitrogen functional groups attached to an aromatic ring is 1. The van der Waals surface area contributed by atoms with E-state index in [1.807, 2.05) is 12.1 Å². The number of nitrogens with two attached hydrogens (primary N) is 1. The summed E-state index contributed by atoms with van der Waals surface area (Å²) in [6.45, 7) is 1.55. The topological polar surface area (TPSA) is 127 Å². The fraction of sp³-hybridized carbons (Fsp3) is 0.478. The number of piperidine rings is 1. The number of urea groups is 1. The Kier molecular flexibility index (Phi) is 7.43. The first-order valence-corrected chi connectivity index (χ1v) is 11.4. The van der Waals surface area contributed by atoms with Gasteiger partial charge in [-0.25, -0.2) is 14.8 Å². The maximum atomic E-state index is 12.5. The minimum atomic E-state index is -0.235. The van der Waals surface area contributed by atoms with E-state index in [9.17, 15) is 4.79 Å². The summed E-state index contributed by atoms with van der Waals surface area (Å²) in [5.41, 5.74) is 8.35. The lowest BCUT2D eigenvalue weighted by Gasteiger charge is -2.34. The molecule has 2 aromatic heterocycles. The zero-order chi connectivity index (χ0) is 23.0.